The van der Waals surface area contributed by atoms with Gasteiger partial charge in [-0.25, -0.2) is 4.79 Å². The molecule has 8 fully saturated rings. The largest absolute Gasteiger partial charge is 1.00 e. The van der Waals surface area contributed by atoms with Crippen molar-refractivity contribution in [3.63, 3.8) is 0 Å². The number of ether oxygens (including phenoxy) is 5. The molecule has 8 nitrogen and oxygen atoms in total. The molecule has 0 aliphatic heterocycles. The first-order valence-corrected chi connectivity index (χ1v) is 35.8. The van der Waals surface area contributed by atoms with Crippen LogP contribution in [0.1, 0.15) is 153 Å². The molecule has 0 atom stereocenters. The van der Waals surface area contributed by atoms with Crippen molar-refractivity contribution in [1.82, 2.24) is 0 Å². The van der Waals surface area contributed by atoms with Crippen molar-refractivity contribution in [2.75, 3.05) is 12.5 Å². The van der Waals surface area contributed by atoms with Gasteiger partial charge in [0.25, 0.3) is 0 Å². The number of phenolic OH excluding ortho intramolecular Hbond substituents is 1. The van der Waals surface area contributed by atoms with E-state index in [1.165, 1.54) is 101 Å². The number of hydrogen-bond donors (Lipinski definition) is 1. The smallest absolute Gasteiger partial charge is 0.358 e. The summed E-state index contributed by atoms with van der Waals surface area (Å²) in [4.78, 5) is 24.2. The number of aryl methyl sites for hydroxylation is 2. The number of alkyl halides is 1. The monoisotopic (exact) mass is 1460 g/mol. The fourth-order valence-corrected chi connectivity index (χ4v) is 19.5. The van der Waals surface area contributed by atoms with Gasteiger partial charge in [-0.3, -0.25) is 4.79 Å². The first kappa shape index (κ1) is 68.7. The van der Waals surface area contributed by atoms with E-state index in [-0.39, 0.29) is 119 Å². The molecule has 6 aromatic rings. The molecule has 8 aliphatic carbocycles. The van der Waals surface area contributed by atoms with Crippen molar-refractivity contribution in [2.24, 2.45) is 47.3 Å². The Labute approximate surface area is 557 Å². The molecule has 6 aromatic carbocycles. The average Bonchev–Trinajstić information content (AvgIpc) is 1.04. The zero-order chi connectivity index (χ0) is 60.3. The molecular weight excluding hydrogens is 1380 g/mol. The molecular formula is C74H89Cl3I2O8. The van der Waals surface area contributed by atoms with E-state index in [9.17, 15) is 14.7 Å². The Morgan fingerprint density at radius 2 is 0.828 bits per heavy atom. The third kappa shape index (κ3) is 17.4. The summed E-state index contributed by atoms with van der Waals surface area (Å²) >= 11 is 5.12. The van der Waals surface area contributed by atoms with Crippen LogP contribution in [0.2, 0.25) is 0 Å². The lowest BCUT2D eigenvalue weighted by molar-refractivity contribution is -0.598. The number of benzene rings is 6. The molecule has 0 heterocycles. The zero-order valence-electron chi connectivity index (χ0n) is 52.4. The van der Waals surface area contributed by atoms with Gasteiger partial charge in [-0.1, -0.05) is 90.1 Å². The third-order valence-electron chi connectivity index (χ3n) is 19.4. The van der Waals surface area contributed by atoms with Crippen LogP contribution in [0, 0.1) is 75.5 Å². The zero-order valence-corrected chi connectivity index (χ0v) is 59.0. The van der Waals surface area contributed by atoms with E-state index < -0.39 is 0 Å². The Bertz CT molecular complexity index is 3190. The van der Waals surface area contributed by atoms with E-state index in [1.807, 2.05) is 36.4 Å². The Morgan fingerprint density at radius 3 is 1.17 bits per heavy atom. The molecule has 13 heteroatoms. The number of esters is 2. The van der Waals surface area contributed by atoms with Gasteiger partial charge >= 0.3 is 54.3 Å². The number of rotatable bonds is 16. The number of carbonyl (C=O) groups excluding carboxylic acids is 2. The molecule has 0 aromatic heterocycles. The van der Waals surface area contributed by atoms with Crippen LogP contribution in [0.4, 0.5) is 0 Å². The molecule has 0 spiro atoms. The van der Waals surface area contributed by atoms with Crippen LogP contribution < -0.4 is 81.4 Å². The Balaban J connectivity index is 0.000000186. The van der Waals surface area contributed by atoms with Gasteiger partial charge in [0.1, 0.15) is 53.3 Å². The second kappa shape index (κ2) is 29.4. The fraction of sp³-hybridized carbons (Fsp3) is 0.486. The van der Waals surface area contributed by atoms with Crippen molar-refractivity contribution in [3.05, 3.63) is 181 Å². The molecule has 0 saturated heterocycles. The van der Waals surface area contributed by atoms with Crippen molar-refractivity contribution >= 4 is 23.5 Å². The number of carbonyl (C=O) groups is 2. The lowest BCUT2D eigenvalue weighted by atomic mass is 9.50. The lowest BCUT2D eigenvalue weighted by Crippen LogP contribution is -3.61. The van der Waals surface area contributed by atoms with Crippen LogP contribution in [-0.4, -0.2) is 40.7 Å². The first-order chi connectivity index (χ1) is 40.5. The summed E-state index contributed by atoms with van der Waals surface area (Å²) in [7, 11) is 0. The molecule has 1 N–H and O–H groups in total. The third-order valence-corrected chi connectivity index (χ3v) is 25.9. The van der Waals surface area contributed by atoms with E-state index in [4.69, 9.17) is 35.3 Å². The molecule has 8 aliphatic rings. The Morgan fingerprint density at radius 1 is 0.483 bits per heavy atom. The summed E-state index contributed by atoms with van der Waals surface area (Å²) in [6.45, 7) is 23.1. The summed E-state index contributed by atoms with van der Waals surface area (Å²) in [5.41, 5.74) is 7.27. The quantitative estimate of drug-likeness (QED) is 0.0837. The summed E-state index contributed by atoms with van der Waals surface area (Å²) in [5, 5.41) is 9.35. The Hall–Kier alpha value is -4.21. The van der Waals surface area contributed by atoms with Gasteiger partial charge in [0, 0.05) is 11.1 Å². The van der Waals surface area contributed by atoms with Crippen LogP contribution in [-0.2, 0) is 43.1 Å². The van der Waals surface area contributed by atoms with Gasteiger partial charge in [0.15, 0.2) is 20.9 Å². The second-order valence-electron chi connectivity index (χ2n) is 27.8. The molecule has 0 unspecified atom stereocenters. The molecule has 8 saturated carbocycles. The van der Waals surface area contributed by atoms with Crippen molar-refractivity contribution in [1.29, 1.82) is 0 Å². The van der Waals surface area contributed by atoms with Crippen molar-refractivity contribution in [2.45, 2.75) is 169 Å². The summed E-state index contributed by atoms with van der Waals surface area (Å²) in [6.07, 6.45) is 12.7. The Kier molecular flexibility index (Phi) is 23.2. The fourth-order valence-electron chi connectivity index (χ4n) is 14.8. The van der Waals surface area contributed by atoms with E-state index in [2.05, 4.69) is 154 Å². The molecule has 468 valence electrons. The predicted octanol–water partition coefficient (Wildman–Crippen LogP) is 4.83. The van der Waals surface area contributed by atoms with Gasteiger partial charge in [-0.2, -0.15) is 0 Å². The topological polar surface area (TPSA) is 101 Å². The summed E-state index contributed by atoms with van der Waals surface area (Å²) < 4.78 is 35.4. The maximum Gasteiger partial charge on any atom is 0.358 e. The van der Waals surface area contributed by atoms with E-state index in [0.717, 1.165) is 46.3 Å². The standard InChI is InChI=1S/C37H44IO4.C24H25IO2.C13H19ClO2.2ClH/c1-24-16-33(14-15-34(24)38-31-10-8-28(9-11-31)36(2,3)4)40-22-25-6-12-32(13-7-25)41-23-35(39)42-37(5)29-18-26-17-27(20-29)21-30(37)19-26;1-17-15-22(27-16-18-5-11-21(26)12-6-18)13-14-23(17)25-20-9-7-19(8-10-20)24(2,3)4;1-13(16-12(15)7-14)10-3-8-2-9(5-10)6-11(13)4-8;;/h6-16,26-27,29-30H,17-23H2,1-5H3;5-15H,16H2,1-4H3;8-11H,2-7H2,1H3;2*1H/q+1;;;;/p-1. The molecule has 0 amide bonds. The van der Waals surface area contributed by atoms with Crippen LogP contribution in [0.5, 0.6) is 23.0 Å². The second-order valence-corrected chi connectivity index (χ2v) is 33.9. The molecule has 14 rings (SSSR count). The highest BCUT2D eigenvalue weighted by Crippen LogP contribution is 2.60. The van der Waals surface area contributed by atoms with Crippen LogP contribution in [0.3, 0.4) is 0 Å². The first-order valence-electron chi connectivity index (χ1n) is 30.9. The van der Waals surface area contributed by atoms with Gasteiger partial charge in [0.2, 0.25) is 0 Å². The summed E-state index contributed by atoms with van der Waals surface area (Å²) in [6, 6.07) is 46.0. The van der Waals surface area contributed by atoms with Gasteiger partial charge in [-0.15, -0.1) is 11.6 Å². The maximum absolute atomic E-state index is 12.8. The number of phenols is 1. The van der Waals surface area contributed by atoms with Gasteiger partial charge in [-0.05, 0) is 257 Å². The minimum atomic E-state index is -0.314. The molecule has 8 bridgehead atoms. The highest BCUT2D eigenvalue weighted by atomic mass is 127. The number of hydrogen-bond acceptors (Lipinski definition) is 8. The van der Waals surface area contributed by atoms with Crippen LogP contribution >= 0.6 is 11.6 Å². The average molecular weight is 1470 g/mol. The number of aromatic hydroxyl groups is 1. The highest BCUT2D eigenvalue weighted by molar-refractivity contribution is 6.26. The van der Waals surface area contributed by atoms with Crippen LogP contribution in [0.15, 0.2) is 133 Å². The minimum absolute atomic E-state index is 0. The van der Waals surface area contributed by atoms with E-state index in [0.29, 0.717) is 42.6 Å². The lowest BCUT2D eigenvalue weighted by Gasteiger charge is -2.59. The van der Waals surface area contributed by atoms with E-state index in [1.54, 1.807) is 12.1 Å². The molecule has 0 radical (unpaired) electrons. The SMILES string of the molecule is CC1(OC(=O)CCl)C2CC3CC(C2)CC1C3.Cc1cc(OCc2ccc(O)cc2)ccc1[I+]c1ccc(C(C)(C)C)cc1.Cc1cc(OCc2ccc(OCC(=O)OC3(C)C4CC5CC(C4)CC3C5)cc2)ccc1[I+]c1ccc(C(C)(C)C)cc1.[Cl-].[Cl-]. The van der Waals surface area contributed by atoms with E-state index >= 15 is 0 Å². The maximum atomic E-state index is 12.8. The van der Waals surface area contributed by atoms with Gasteiger partial charge < -0.3 is 53.6 Å². The van der Waals surface area contributed by atoms with Crippen molar-refractivity contribution in [3.8, 4) is 23.0 Å². The normalized spacial score (nSPS) is 25.3. The minimum Gasteiger partial charge on any atom is -1.00 e. The van der Waals surface area contributed by atoms with Crippen LogP contribution in [0.25, 0.3) is 0 Å². The highest BCUT2D eigenvalue weighted by Gasteiger charge is 2.58. The summed E-state index contributed by atoms with van der Waals surface area (Å²) in [5.74, 6) is 7.95. The molecule has 87 heavy (non-hydrogen) atoms. The predicted molar refractivity (Wildman–Crippen MR) is 330 cm³/mol. The number of halogens is 5. The van der Waals surface area contributed by atoms with Crippen molar-refractivity contribution < 1.29 is 106 Å². The van der Waals surface area contributed by atoms with Gasteiger partial charge in [0.05, 0.1) is 0 Å².